The third kappa shape index (κ3) is 3.25. The van der Waals surface area contributed by atoms with Crippen molar-refractivity contribution in [2.45, 2.75) is 40.2 Å². The SMILES string of the molecule is CCNc1ccc([N+](=O)[O-])c(N2CC(C)CC(C)C2C)n1. The van der Waals surface area contributed by atoms with Crippen LogP contribution in [0.4, 0.5) is 17.3 Å². The fourth-order valence-corrected chi connectivity index (χ4v) is 3.07. The van der Waals surface area contributed by atoms with Crippen LogP contribution in [0.2, 0.25) is 0 Å². The zero-order valence-corrected chi connectivity index (χ0v) is 13.2. The van der Waals surface area contributed by atoms with Gasteiger partial charge in [0.1, 0.15) is 5.82 Å². The standard InChI is InChI=1S/C15H24N4O2/c1-5-16-14-7-6-13(19(20)21)15(17-14)18-9-10(2)8-11(3)12(18)4/h6-7,10-12H,5,8-9H2,1-4H3,(H,16,17). The van der Waals surface area contributed by atoms with E-state index in [-0.39, 0.29) is 16.7 Å². The molecule has 1 aliphatic rings. The molecule has 1 aromatic heterocycles. The van der Waals surface area contributed by atoms with E-state index in [4.69, 9.17) is 0 Å². The van der Waals surface area contributed by atoms with Gasteiger partial charge in [0.05, 0.1) is 4.92 Å². The topological polar surface area (TPSA) is 71.3 Å². The Hall–Kier alpha value is -1.85. The second-order valence-electron chi connectivity index (χ2n) is 6.04. The summed E-state index contributed by atoms with van der Waals surface area (Å²) in [4.78, 5) is 17.6. The number of nitro groups is 1. The highest BCUT2D eigenvalue weighted by molar-refractivity contribution is 5.62. The van der Waals surface area contributed by atoms with Gasteiger partial charge in [0, 0.05) is 25.2 Å². The average molecular weight is 292 g/mol. The molecule has 1 fully saturated rings. The van der Waals surface area contributed by atoms with Gasteiger partial charge in [-0.25, -0.2) is 4.98 Å². The van der Waals surface area contributed by atoms with Crippen molar-refractivity contribution in [2.24, 2.45) is 11.8 Å². The van der Waals surface area contributed by atoms with Gasteiger partial charge in [0.15, 0.2) is 0 Å². The van der Waals surface area contributed by atoms with Crippen molar-refractivity contribution in [3.63, 3.8) is 0 Å². The minimum atomic E-state index is -0.339. The number of pyridine rings is 1. The predicted octanol–water partition coefficient (Wildman–Crippen LogP) is 3.29. The van der Waals surface area contributed by atoms with Crippen molar-refractivity contribution < 1.29 is 4.92 Å². The Morgan fingerprint density at radius 2 is 2.14 bits per heavy atom. The molecule has 1 saturated heterocycles. The minimum absolute atomic E-state index is 0.0878. The highest BCUT2D eigenvalue weighted by atomic mass is 16.6. The molecule has 0 saturated carbocycles. The van der Waals surface area contributed by atoms with Crippen LogP contribution < -0.4 is 10.2 Å². The fourth-order valence-electron chi connectivity index (χ4n) is 3.07. The second-order valence-corrected chi connectivity index (χ2v) is 6.04. The van der Waals surface area contributed by atoms with Gasteiger partial charge in [-0.2, -0.15) is 0 Å². The second kappa shape index (κ2) is 6.28. The first-order valence-corrected chi connectivity index (χ1v) is 7.60. The lowest BCUT2D eigenvalue weighted by Crippen LogP contribution is -2.46. The van der Waals surface area contributed by atoms with E-state index in [1.165, 1.54) is 0 Å². The number of aromatic nitrogens is 1. The Balaban J connectivity index is 2.43. The van der Waals surface area contributed by atoms with E-state index < -0.39 is 0 Å². The number of hydrogen-bond donors (Lipinski definition) is 1. The lowest BCUT2D eigenvalue weighted by molar-refractivity contribution is -0.384. The van der Waals surface area contributed by atoms with E-state index in [0.717, 1.165) is 19.5 Å². The first kappa shape index (κ1) is 15.5. The number of rotatable bonds is 4. The first-order chi connectivity index (χ1) is 9.93. The summed E-state index contributed by atoms with van der Waals surface area (Å²) >= 11 is 0. The van der Waals surface area contributed by atoms with Crippen molar-refractivity contribution in [1.82, 2.24) is 4.98 Å². The molecule has 2 heterocycles. The molecule has 1 aliphatic heterocycles. The third-order valence-electron chi connectivity index (χ3n) is 4.28. The minimum Gasteiger partial charge on any atom is -0.370 e. The summed E-state index contributed by atoms with van der Waals surface area (Å²) in [5, 5.41) is 14.5. The third-order valence-corrected chi connectivity index (χ3v) is 4.28. The molecular formula is C15H24N4O2. The summed E-state index contributed by atoms with van der Waals surface area (Å²) in [5.41, 5.74) is 0.0878. The number of piperidine rings is 1. The quantitative estimate of drug-likeness (QED) is 0.681. The smallest absolute Gasteiger partial charge is 0.311 e. The average Bonchev–Trinajstić information content (AvgIpc) is 2.43. The van der Waals surface area contributed by atoms with Crippen molar-refractivity contribution in [3.8, 4) is 0 Å². The Labute approximate surface area is 125 Å². The monoisotopic (exact) mass is 292 g/mol. The van der Waals surface area contributed by atoms with Crippen LogP contribution in [0.25, 0.3) is 0 Å². The van der Waals surface area contributed by atoms with Gasteiger partial charge in [-0.05, 0) is 38.2 Å². The van der Waals surface area contributed by atoms with Crippen molar-refractivity contribution in [3.05, 3.63) is 22.2 Å². The molecule has 0 radical (unpaired) electrons. The van der Waals surface area contributed by atoms with Gasteiger partial charge in [0.2, 0.25) is 5.82 Å². The van der Waals surface area contributed by atoms with Crippen LogP contribution in [0.1, 0.15) is 34.1 Å². The van der Waals surface area contributed by atoms with E-state index in [1.54, 1.807) is 12.1 Å². The highest BCUT2D eigenvalue weighted by Crippen LogP contribution is 2.35. The summed E-state index contributed by atoms with van der Waals surface area (Å²) in [7, 11) is 0. The first-order valence-electron chi connectivity index (χ1n) is 7.60. The molecule has 0 aliphatic carbocycles. The molecule has 1 aromatic rings. The van der Waals surface area contributed by atoms with Crippen LogP contribution in [0.15, 0.2) is 12.1 Å². The molecule has 6 heteroatoms. The van der Waals surface area contributed by atoms with Gasteiger partial charge >= 0.3 is 5.69 Å². The summed E-state index contributed by atoms with van der Waals surface area (Å²) in [6.07, 6.45) is 1.15. The lowest BCUT2D eigenvalue weighted by atomic mass is 9.86. The van der Waals surface area contributed by atoms with Crippen molar-refractivity contribution >= 4 is 17.3 Å². The Morgan fingerprint density at radius 3 is 2.76 bits per heavy atom. The maximum absolute atomic E-state index is 11.3. The predicted molar refractivity (Wildman–Crippen MR) is 84.8 cm³/mol. The normalized spacial score (nSPS) is 25.7. The number of nitrogens with one attached hydrogen (secondary N) is 1. The molecule has 116 valence electrons. The van der Waals surface area contributed by atoms with Crippen LogP contribution in [0, 0.1) is 22.0 Å². The summed E-state index contributed by atoms with van der Waals surface area (Å²) < 4.78 is 0. The van der Waals surface area contributed by atoms with Gasteiger partial charge in [-0.1, -0.05) is 13.8 Å². The van der Waals surface area contributed by atoms with Crippen molar-refractivity contribution in [2.75, 3.05) is 23.3 Å². The number of hydrogen-bond acceptors (Lipinski definition) is 5. The Bertz CT molecular complexity index is 520. The Morgan fingerprint density at radius 1 is 1.43 bits per heavy atom. The molecule has 3 unspecified atom stereocenters. The van der Waals surface area contributed by atoms with Crippen LogP contribution in [-0.2, 0) is 0 Å². The molecule has 6 nitrogen and oxygen atoms in total. The maximum atomic E-state index is 11.3. The van der Waals surface area contributed by atoms with Crippen molar-refractivity contribution in [1.29, 1.82) is 0 Å². The molecule has 1 N–H and O–H groups in total. The fraction of sp³-hybridized carbons (Fsp3) is 0.667. The van der Waals surface area contributed by atoms with Crippen LogP contribution in [0.3, 0.4) is 0 Å². The van der Waals surface area contributed by atoms with Crippen LogP contribution in [0.5, 0.6) is 0 Å². The van der Waals surface area contributed by atoms with Gasteiger partial charge in [-0.15, -0.1) is 0 Å². The van der Waals surface area contributed by atoms with E-state index in [2.05, 4.69) is 36.0 Å². The highest BCUT2D eigenvalue weighted by Gasteiger charge is 2.33. The van der Waals surface area contributed by atoms with E-state index >= 15 is 0 Å². The van der Waals surface area contributed by atoms with Gasteiger partial charge < -0.3 is 10.2 Å². The molecule has 3 atom stereocenters. The van der Waals surface area contributed by atoms with E-state index in [0.29, 0.717) is 23.5 Å². The molecule has 2 rings (SSSR count). The zero-order chi connectivity index (χ0) is 15.6. The van der Waals surface area contributed by atoms with E-state index in [9.17, 15) is 10.1 Å². The van der Waals surface area contributed by atoms with Gasteiger partial charge in [0.25, 0.3) is 0 Å². The van der Waals surface area contributed by atoms with E-state index in [1.807, 2.05) is 6.92 Å². The zero-order valence-electron chi connectivity index (χ0n) is 13.2. The summed E-state index contributed by atoms with van der Waals surface area (Å²) in [6.45, 7) is 10.1. The summed E-state index contributed by atoms with van der Waals surface area (Å²) in [5.74, 6) is 2.19. The molecular weight excluding hydrogens is 268 g/mol. The largest absolute Gasteiger partial charge is 0.370 e. The van der Waals surface area contributed by atoms with Crippen LogP contribution >= 0.6 is 0 Å². The van der Waals surface area contributed by atoms with Gasteiger partial charge in [-0.3, -0.25) is 10.1 Å². The molecule has 21 heavy (non-hydrogen) atoms. The molecule has 0 amide bonds. The molecule has 0 spiro atoms. The van der Waals surface area contributed by atoms with Crippen LogP contribution in [-0.4, -0.2) is 29.0 Å². The number of anilines is 2. The lowest BCUT2D eigenvalue weighted by Gasteiger charge is -2.41. The summed E-state index contributed by atoms with van der Waals surface area (Å²) in [6, 6.07) is 3.48. The molecule has 0 aromatic carbocycles. The Kier molecular flexibility index (Phi) is 4.65. The number of nitrogens with zero attached hydrogens (tertiary/aromatic N) is 3. The molecule has 0 bridgehead atoms. The maximum Gasteiger partial charge on any atom is 0.311 e.